The van der Waals surface area contributed by atoms with Gasteiger partial charge >= 0.3 is 0 Å². The van der Waals surface area contributed by atoms with Gasteiger partial charge in [-0.15, -0.1) is 0 Å². The molecule has 2 amide bonds. The van der Waals surface area contributed by atoms with Crippen LogP contribution >= 0.6 is 22.6 Å². The van der Waals surface area contributed by atoms with Crippen molar-refractivity contribution in [3.63, 3.8) is 0 Å². The van der Waals surface area contributed by atoms with Gasteiger partial charge in [-0.3, -0.25) is 9.59 Å². The normalized spacial score (nSPS) is 19.0. The molecule has 0 aliphatic carbocycles. The minimum Gasteiger partial charge on any atom is -0.369 e. The van der Waals surface area contributed by atoms with E-state index < -0.39 is 5.91 Å². The van der Waals surface area contributed by atoms with Crippen molar-refractivity contribution in [2.24, 2.45) is 11.7 Å². The molecule has 19 heavy (non-hydrogen) atoms. The van der Waals surface area contributed by atoms with Gasteiger partial charge in [0, 0.05) is 22.2 Å². The van der Waals surface area contributed by atoms with Crippen LogP contribution in [0, 0.1) is 16.4 Å². The number of carbonyl (C=O) groups is 2. The molecule has 0 radical (unpaired) electrons. The predicted molar refractivity (Wildman–Crippen MR) is 82.9 cm³/mol. The van der Waals surface area contributed by atoms with Gasteiger partial charge in [-0.25, -0.2) is 0 Å². The molecule has 1 aliphatic heterocycles. The second-order valence-electron chi connectivity index (χ2n) is 4.90. The number of nitrogens with zero attached hydrogens (tertiary/aromatic N) is 1. The van der Waals surface area contributed by atoms with Crippen LogP contribution in [-0.4, -0.2) is 18.4 Å². The van der Waals surface area contributed by atoms with Gasteiger partial charge in [0.1, 0.15) is 0 Å². The van der Waals surface area contributed by atoms with Crippen LogP contribution in [0.2, 0.25) is 0 Å². The molecule has 0 bridgehead atoms. The molecule has 1 aliphatic rings. The van der Waals surface area contributed by atoms with E-state index in [0.29, 0.717) is 6.54 Å². The van der Waals surface area contributed by atoms with Gasteiger partial charge in [0.25, 0.3) is 0 Å². The summed E-state index contributed by atoms with van der Waals surface area (Å²) >= 11 is 2.33. The standard InChI is InChI=1S/C14H17IN2O2/c1-3-9-5-11(4-8(2)13(9)15)17-7-10(14(16)19)6-12(17)18/h4-5,10H,3,6-7H2,1-2H3,(H2,16,19)/t10-/m1/s1. The van der Waals surface area contributed by atoms with Crippen molar-refractivity contribution in [1.29, 1.82) is 0 Å². The average molecular weight is 372 g/mol. The monoisotopic (exact) mass is 372 g/mol. The zero-order valence-corrected chi connectivity index (χ0v) is 13.2. The van der Waals surface area contributed by atoms with Crippen LogP contribution in [0.4, 0.5) is 5.69 Å². The van der Waals surface area contributed by atoms with Gasteiger partial charge in [-0.1, -0.05) is 6.92 Å². The maximum Gasteiger partial charge on any atom is 0.227 e. The van der Waals surface area contributed by atoms with Gasteiger partial charge in [-0.2, -0.15) is 0 Å². The third-order valence-corrected chi connectivity index (χ3v) is 5.08. The highest BCUT2D eigenvalue weighted by Gasteiger charge is 2.34. The molecular weight excluding hydrogens is 355 g/mol. The minimum atomic E-state index is -0.395. The number of primary amides is 1. The molecule has 5 heteroatoms. The molecule has 0 spiro atoms. The molecule has 0 unspecified atom stereocenters. The summed E-state index contributed by atoms with van der Waals surface area (Å²) in [6.45, 7) is 4.53. The summed E-state index contributed by atoms with van der Waals surface area (Å²) in [6.07, 6.45) is 1.15. The molecule has 1 aromatic rings. The summed E-state index contributed by atoms with van der Waals surface area (Å²) in [5, 5.41) is 0. The van der Waals surface area contributed by atoms with Gasteiger partial charge in [-0.05, 0) is 59.2 Å². The Balaban J connectivity index is 2.35. The molecule has 1 aromatic carbocycles. The van der Waals surface area contributed by atoms with Crippen molar-refractivity contribution in [2.75, 3.05) is 11.4 Å². The molecule has 102 valence electrons. The first-order valence-corrected chi connectivity index (χ1v) is 7.40. The SMILES string of the molecule is CCc1cc(N2C[C@H](C(N)=O)CC2=O)cc(C)c1I. The topological polar surface area (TPSA) is 63.4 Å². The lowest BCUT2D eigenvalue weighted by Crippen LogP contribution is -2.28. The zero-order valence-electron chi connectivity index (χ0n) is 11.1. The van der Waals surface area contributed by atoms with E-state index in [2.05, 4.69) is 29.5 Å². The molecular formula is C14H17IN2O2. The molecule has 1 heterocycles. The molecule has 0 saturated carbocycles. The van der Waals surface area contributed by atoms with E-state index in [1.807, 2.05) is 19.1 Å². The van der Waals surface area contributed by atoms with Crippen LogP contribution in [-0.2, 0) is 16.0 Å². The smallest absolute Gasteiger partial charge is 0.227 e. The summed E-state index contributed by atoms with van der Waals surface area (Å²) < 4.78 is 1.24. The molecule has 1 atom stereocenters. The van der Waals surface area contributed by atoms with Crippen molar-refractivity contribution in [3.05, 3.63) is 26.8 Å². The average Bonchev–Trinajstić information content (AvgIpc) is 2.75. The Morgan fingerprint density at radius 1 is 1.53 bits per heavy atom. The third kappa shape index (κ3) is 2.75. The first kappa shape index (κ1) is 14.3. The van der Waals surface area contributed by atoms with E-state index in [-0.39, 0.29) is 18.2 Å². The van der Waals surface area contributed by atoms with Crippen molar-refractivity contribution < 1.29 is 9.59 Å². The number of carbonyl (C=O) groups excluding carboxylic acids is 2. The molecule has 2 N–H and O–H groups in total. The quantitative estimate of drug-likeness (QED) is 0.825. The lowest BCUT2D eigenvalue weighted by molar-refractivity contribution is -0.123. The summed E-state index contributed by atoms with van der Waals surface area (Å²) in [6, 6.07) is 4.04. The molecule has 4 nitrogen and oxygen atoms in total. The number of hydrogen-bond donors (Lipinski definition) is 1. The summed E-state index contributed by atoms with van der Waals surface area (Å²) in [4.78, 5) is 24.9. The van der Waals surface area contributed by atoms with Crippen LogP contribution in [0.3, 0.4) is 0 Å². The summed E-state index contributed by atoms with van der Waals surface area (Å²) in [7, 11) is 0. The summed E-state index contributed by atoms with van der Waals surface area (Å²) in [5.74, 6) is -0.780. The van der Waals surface area contributed by atoms with Crippen LogP contribution in [0.5, 0.6) is 0 Å². The third-order valence-electron chi connectivity index (χ3n) is 3.53. The van der Waals surface area contributed by atoms with E-state index in [0.717, 1.165) is 17.7 Å². The number of anilines is 1. The molecule has 1 saturated heterocycles. The Labute approximate surface area is 126 Å². The van der Waals surface area contributed by atoms with Gasteiger partial charge in [0.05, 0.1) is 5.92 Å². The van der Waals surface area contributed by atoms with Crippen LogP contribution < -0.4 is 10.6 Å². The first-order chi connectivity index (χ1) is 8.93. The Kier molecular flexibility index (Phi) is 4.13. The fraction of sp³-hybridized carbons (Fsp3) is 0.429. The van der Waals surface area contributed by atoms with E-state index >= 15 is 0 Å². The Morgan fingerprint density at radius 2 is 2.21 bits per heavy atom. The fourth-order valence-corrected chi connectivity index (χ4v) is 3.08. The predicted octanol–water partition coefficient (Wildman–Crippen LogP) is 2.00. The van der Waals surface area contributed by atoms with Gasteiger partial charge < -0.3 is 10.6 Å². The highest BCUT2D eigenvalue weighted by atomic mass is 127. The van der Waals surface area contributed by atoms with Crippen LogP contribution in [0.1, 0.15) is 24.5 Å². The van der Waals surface area contributed by atoms with Crippen LogP contribution in [0.25, 0.3) is 0 Å². The highest BCUT2D eigenvalue weighted by Crippen LogP contribution is 2.29. The van der Waals surface area contributed by atoms with E-state index in [1.54, 1.807) is 4.90 Å². The molecule has 0 aromatic heterocycles. The Hall–Kier alpha value is -1.11. The highest BCUT2D eigenvalue weighted by molar-refractivity contribution is 14.1. The Bertz CT molecular complexity index is 542. The largest absolute Gasteiger partial charge is 0.369 e. The van der Waals surface area contributed by atoms with Gasteiger partial charge in [0.15, 0.2) is 0 Å². The lowest BCUT2D eigenvalue weighted by atomic mass is 10.1. The van der Waals surface area contributed by atoms with Crippen molar-refractivity contribution in [3.8, 4) is 0 Å². The van der Waals surface area contributed by atoms with Gasteiger partial charge in [0.2, 0.25) is 11.8 Å². The minimum absolute atomic E-state index is 0.0218. The number of halogens is 1. The maximum absolute atomic E-state index is 12.0. The van der Waals surface area contributed by atoms with E-state index in [4.69, 9.17) is 5.73 Å². The molecule has 2 rings (SSSR count). The second-order valence-corrected chi connectivity index (χ2v) is 5.98. The summed E-state index contributed by atoms with van der Waals surface area (Å²) in [5.41, 5.74) is 8.55. The second kappa shape index (κ2) is 5.48. The first-order valence-electron chi connectivity index (χ1n) is 6.32. The number of hydrogen-bond acceptors (Lipinski definition) is 2. The van der Waals surface area contributed by atoms with Crippen LogP contribution in [0.15, 0.2) is 12.1 Å². The number of benzene rings is 1. The maximum atomic E-state index is 12.0. The number of rotatable bonds is 3. The fourth-order valence-electron chi connectivity index (χ4n) is 2.38. The van der Waals surface area contributed by atoms with Crippen molar-refractivity contribution in [1.82, 2.24) is 0 Å². The number of aryl methyl sites for hydroxylation is 2. The zero-order chi connectivity index (χ0) is 14.2. The number of nitrogens with two attached hydrogens (primary N) is 1. The Morgan fingerprint density at radius 3 is 2.74 bits per heavy atom. The number of amides is 2. The molecule has 1 fully saturated rings. The lowest BCUT2D eigenvalue weighted by Gasteiger charge is -2.19. The van der Waals surface area contributed by atoms with E-state index in [1.165, 1.54) is 9.13 Å². The van der Waals surface area contributed by atoms with Crippen molar-refractivity contribution >= 4 is 40.1 Å². The van der Waals surface area contributed by atoms with Crippen molar-refractivity contribution in [2.45, 2.75) is 26.7 Å². The van der Waals surface area contributed by atoms with E-state index in [9.17, 15) is 9.59 Å².